The zero-order chi connectivity index (χ0) is 24.8. The number of carbonyl (C=O) groups excluding carboxylic acids is 2. The fourth-order valence-corrected chi connectivity index (χ4v) is 4.09. The minimum Gasteiger partial charge on any atom is -0.497 e. The van der Waals surface area contributed by atoms with Crippen molar-refractivity contribution in [2.24, 2.45) is 4.99 Å². The SMILES string of the molecule is COc1ccc(N=C2NC(=O)/C(=C\c3ccc(OCC(=O)Nc4ccc(F)cc4)c(Cl)c3)S2)cc1. The summed E-state index contributed by atoms with van der Waals surface area (Å²) in [6.45, 7) is -0.277. The van der Waals surface area contributed by atoms with Gasteiger partial charge in [0.1, 0.15) is 17.3 Å². The molecule has 0 unspecified atom stereocenters. The van der Waals surface area contributed by atoms with Gasteiger partial charge >= 0.3 is 0 Å². The van der Waals surface area contributed by atoms with Crippen LogP contribution in [-0.4, -0.2) is 30.7 Å². The molecule has 3 aromatic rings. The first-order valence-electron chi connectivity index (χ1n) is 10.3. The number of ether oxygens (including phenoxy) is 2. The van der Waals surface area contributed by atoms with Crippen molar-refractivity contribution in [3.05, 3.63) is 88.0 Å². The van der Waals surface area contributed by atoms with Crippen LogP contribution in [0.4, 0.5) is 15.8 Å². The van der Waals surface area contributed by atoms with E-state index in [4.69, 9.17) is 21.1 Å². The molecule has 1 saturated heterocycles. The van der Waals surface area contributed by atoms with Gasteiger partial charge in [0.2, 0.25) is 0 Å². The smallest absolute Gasteiger partial charge is 0.264 e. The van der Waals surface area contributed by atoms with Crippen LogP contribution in [0.3, 0.4) is 0 Å². The molecular formula is C25H19ClFN3O4S. The van der Waals surface area contributed by atoms with Gasteiger partial charge in [0, 0.05) is 5.69 Å². The first kappa shape index (κ1) is 24.3. The van der Waals surface area contributed by atoms with Crippen LogP contribution < -0.4 is 20.1 Å². The third kappa shape index (κ3) is 6.62. The number of amidine groups is 1. The maximum absolute atomic E-state index is 13.0. The van der Waals surface area contributed by atoms with Gasteiger partial charge in [0.25, 0.3) is 11.8 Å². The lowest BCUT2D eigenvalue weighted by Crippen LogP contribution is -2.20. The normalized spacial score (nSPS) is 15.2. The Labute approximate surface area is 210 Å². The Bertz CT molecular complexity index is 1310. The van der Waals surface area contributed by atoms with Crippen LogP contribution in [0.15, 0.2) is 76.6 Å². The van der Waals surface area contributed by atoms with E-state index >= 15 is 0 Å². The number of anilines is 1. The van der Waals surface area contributed by atoms with Gasteiger partial charge in [-0.05, 0) is 84.1 Å². The number of halogens is 2. The topological polar surface area (TPSA) is 89.0 Å². The number of hydrogen-bond donors (Lipinski definition) is 2. The molecule has 4 rings (SSSR count). The summed E-state index contributed by atoms with van der Waals surface area (Å²) < 4.78 is 23.6. The molecule has 0 atom stereocenters. The van der Waals surface area contributed by atoms with Gasteiger partial charge in [-0.2, -0.15) is 0 Å². The highest BCUT2D eigenvalue weighted by molar-refractivity contribution is 8.18. The lowest BCUT2D eigenvalue weighted by molar-refractivity contribution is -0.118. The third-order valence-corrected chi connectivity index (χ3v) is 5.90. The van der Waals surface area contributed by atoms with Crippen LogP contribution in [0.1, 0.15) is 5.56 Å². The van der Waals surface area contributed by atoms with Crippen LogP contribution in [0.2, 0.25) is 5.02 Å². The Morgan fingerprint density at radius 3 is 2.57 bits per heavy atom. The molecule has 3 aromatic carbocycles. The lowest BCUT2D eigenvalue weighted by Gasteiger charge is -2.09. The predicted octanol–water partition coefficient (Wildman–Crippen LogP) is 5.40. The van der Waals surface area contributed by atoms with E-state index in [1.807, 2.05) is 0 Å². The number of nitrogens with one attached hydrogen (secondary N) is 2. The van der Waals surface area contributed by atoms with Gasteiger partial charge in [-0.3, -0.25) is 9.59 Å². The van der Waals surface area contributed by atoms with Crippen molar-refractivity contribution in [2.45, 2.75) is 0 Å². The van der Waals surface area contributed by atoms with Crippen molar-refractivity contribution in [1.82, 2.24) is 5.32 Å². The van der Waals surface area contributed by atoms with Crippen LogP contribution in [-0.2, 0) is 9.59 Å². The maximum Gasteiger partial charge on any atom is 0.264 e. The summed E-state index contributed by atoms with van der Waals surface area (Å²) in [5.74, 6) is -0.0446. The van der Waals surface area contributed by atoms with Crippen LogP contribution in [0, 0.1) is 5.82 Å². The molecule has 2 amide bonds. The number of benzene rings is 3. The number of amides is 2. The average molecular weight is 512 g/mol. The van der Waals surface area contributed by atoms with Crippen molar-refractivity contribution in [1.29, 1.82) is 0 Å². The zero-order valence-corrected chi connectivity index (χ0v) is 20.0. The number of methoxy groups -OCH3 is 1. The van der Waals surface area contributed by atoms with Crippen molar-refractivity contribution < 1.29 is 23.5 Å². The van der Waals surface area contributed by atoms with E-state index in [0.717, 1.165) is 5.75 Å². The number of thioether (sulfide) groups is 1. The molecule has 1 heterocycles. The molecule has 7 nitrogen and oxygen atoms in total. The fourth-order valence-electron chi connectivity index (χ4n) is 3.00. The molecule has 0 radical (unpaired) electrons. The quantitative estimate of drug-likeness (QED) is 0.415. The Hall–Kier alpha value is -3.82. The van der Waals surface area contributed by atoms with Crippen molar-refractivity contribution in [2.75, 3.05) is 19.0 Å². The van der Waals surface area contributed by atoms with Crippen molar-refractivity contribution in [3.63, 3.8) is 0 Å². The highest BCUT2D eigenvalue weighted by Gasteiger charge is 2.24. The highest BCUT2D eigenvalue weighted by atomic mass is 35.5. The average Bonchev–Trinajstić information content (AvgIpc) is 3.18. The second-order valence-electron chi connectivity index (χ2n) is 7.21. The van der Waals surface area contributed by atoms with Gasteiger partial charge in [-0.15, -0.1) is 0 Å². The van der Waals surface area contributed by atoms with E-state index in [0.29, 0.717) is 32.8 Å². The summed E-state index contributed by atoms with van der Waals surface area (Å²) in [6.07, 6.45) is 1.69. The van der Waals surface area contributed by atoms with E-state index in [-0.39, 0.29) is 17.5 Å². The monoisotopic (exact) mass is 511 g/mol. The van der Waals surface area contributed by atoms with E-state index in [9.17, 15) is 14.0 Å². The summed E-state index contributed by atoms with van der Waals surface area (Å²) in [4.78, 5) is 29.3. The Morgan fingerprint density at radius 2 is 1.89 bits per heavy atom. The summed E-state index contributed by atoms with van der Waals surface area (Å²) >= 11 is 7.52. The molecule has 35 heavy (non-hydrogen) atoms. The van der Waals surface area contributed by atoms with Crippen LogP contribution in [0.5, 0.6) is 11.5 Å². The minimum atomic E-state index is -0.415. The molecule has 1 fully saturated rings. The van der Waals surface area contributed by atoms with E-state index in [1.54, 1.807) is 55.7 Å². The number of nitrogens with zero attached hydrogens (tertiary/aromatic N) is 1. The van der Waals surface area contributed by atoms with Crippen molar-refractivity contribution >= 4 is 57.8 Å². The van der Waals surface area contributed by atoms with Gasteiger partial charge in [0.15, 0.2) is 11.8 Å². The zero-order valence-electron chi connectivity index (χ0n) is 18.4. The molecule has 178 valence electrons. The van der Waals surface area contributed by atoms with Crippen LogP contribution >= 0.6 is 23.4 Å². The molecule has 1 aliphatic rings. The Kier molecular flexibility index (Phi) is 7.69. The number of carbonyl (C=O) groups is 2. The van der Waals surface area contributed by atoms with E-state index in [2.05, 4.69) is 15.6 Å². The summed E-state index contributed by atoms with van der Waals surface area (Å²) in [7, 11) is 1.59. The fraction of sp³-hybridized carbons (Fsp3) is 0.0800. The second-order valence-corrected chi connectivity index (χ2v) is 8.65. The second kappa shape index (κ2) is 11.1. The number of hydrogen-bond acceptors (Lipinski definition) is 6. The van der Waals surface area contributed by atoms with E-state index < -0.39 is 11.7 Å². The third-order valence-electron chi connectivity index (χ3n) is 4.69. The Morgan fingerprint density at radius 1 is 1.14 bits per heavy atom. The van der Waals surface area contributed by atoms with Crippen LogP contribution in [0.25, 0.3) is 6.08 Å². The molecule has 0 bridgehead atoms. The molecule has 10 heteroatoms. The lowest BCUT2D eigenvalue weighted by atomic mass is 10.2. The highest BCUT2D eigenvalue weighted by Crippen LogP contribution is 2.31. The number of rotatable bonds is 7. The van der Waals surface area contributed by atoms with Gasteiger partial charge in [-0.25, -0.2) is 9.38 Å². The van der Waals surface area contributed by atoms with Gasteiger partial charge in [-0.1, -0.05) is 17.7 Å². The largest absolute Gasteiger partial charge is 0.497 e. The predicted molar refractivity (Wildman–Crippen MR) is 136 cm³/mol. The molecule has 0 aromatic heterocycles. The minimum absolute atomic E-state index is 0.267. The van der Waals surface area contributed by atoms with E-state index in [1.165, 1.54) is 36.0 Å². The molecule has 0 saturated carbocycles. The van der Waals surface area contributed by atoms with Crippen molar-refractivity contribution in [3.8, 4) is 11.5 Å². The molecule has 1 aliphatic heterocycles. The molecular weight excluding hydrogens is 493 g/mol. The first-order valence-corrected chi connectivity index (χ1v) is 11.5. The summed E-state index contributed by atoms with van der Waals surface area (Å²) in [5.41, 5.74) is 1.82. The van der Waals surface area contributed by atoms with Gasteiger partial charge in [0.05, 0.1) is 22.7 Å². The van der Waals surface area contributed by atoms with Gasteiger partial charge < -0.3 is 20.1 Å². The standard InChI is InChI=1S/C25H19ClFN3O4S/c1-33-19-9-7-18(8-10-19)29-25-30-24(32)22(35-25)13-15-2-11-21(20(26)12-15)34-14-23(31)28-17-5-3-16(27)4-6-17/h2-13H,14H2,1H3,(H,28,31)(H,29,30,32)/b22-13+. The first-order chi connectivity index (χ1) is 16.9. The molecule has 0 aliphatic carbocycles. The summed E-state index contributed by atoms with van der Waals surface area (Å²) in [5, 5.41) is 6.08. The molecule has 2 N–H and O–H groups in total. The Balaban J connectivity index is 1.37. The summed E-state index contributed by atoms with van der Waals surface area (Å²) in [6, 6.07) is 17.5. The maximum atomic E-state index is 13.0. The number of aliphatic imine (C=N–C) groups is 1. The molecule has 0 spiro atoms.